The van der Waals surface area contributed by atoms with Gasteiger partial charge < -0.3 is 14.2 Å². The van der Waals surface area contributed by atoms with Gasteiger partial charge in [-0.15, -0.1) is 0 Å². The summed E-state index contributed by atoms with van der Waals surface area (Å²) >= 11 is 3.33. The molecule has 2 aromatic rings. The third-order valence-corrected chi connectivity index (χ3v) is 4.55. The number of nitrogens with zero attached hydrogens (tertiary/aromatic N) is 1. The molecule has 2 aromatic carbocycles. The molecule has 1 aliphatic rings. The van der Waals surface area contributed by atoms with Gasteiger partial charge in [0.25, 0.3) is 11.8 Å². The molecule has 0 N–H and O–H groups in total. The highest BCUT2D eigenvalue weighted by atomic mass is 79.9. The number of carbonyl (C=O) groups excluding carboxylic acids is 3. The number of carbonyl (C=O) groups is 3. The van der Waals surface area contributed by atoms with E-state index in [1.807, 2.05) is 6.92 Å². The molecule has 0 aliphatic carbocycles. The second kappa shape index (κ2) is 7.79. The summed E-state index contributed by atoms with van der Waals surface area (Å²) in [4.78, 5) is 37.9. The molecule has 0 saturated heterocycles. The number of amides is 2. The van der Waals surface area contributed by atoms with Crippen molar-refractivity contribution in [2.45, 2.75) is 6.92 Å². The Labute approximate surface area is 163 Å². The van der Waals surface area contributed by atoms with Gasteiger partial charge in [-0.2, -0.15) is 0 Å². The molecular weight excluding hydrogens is 418 g/mol. The Morgan fingerprint density at radius 2 is 1.74 bits per heavy atom. The molecule has 0 fully saturated rings. The van der Waals surface area contributed by atoms with Crippen LogP contribution in [0.5, 0.6) is 11.5 Å². The van der Waals surface area contributed by atoms with Gasteiger partial charge in [-0.3, -0.25) is 9.59 Å². The second-order valence-electron chi connectivity index (χ2n) is 5.57. The topological polar surface area (TPSA) is 82.1 Å². The van der Waals surface area contributed by atoms with Crippen molar-refractivity contribution in [2.24, 2.45) is 0 Å². The van der Waals surface area contributed by atoms with Crippen LogP contribution in [-0.4, -0.2) is 43.1 Å². The highest BCUT2D eigenvalue weighted by Gasteiger charge is 2.35. The average molecular weight is 434 g/mol. The maximum Gasteiger partial charge on any atom is 0.340 e. The molecule has 3 rings (SSSR count). The van der Waals surface area contributed by atoms with Crippen molar-refractivity contribution < 1.29 is 28.6 Å². The lowest BCUT2D eigenvalue weighted by atomic mass is 10.1. The second-order valence-corrected chi connectivity index (χ2v) is 6.42. The Morgan fingerprint density at radius 1 is 1.11 bits per heavy atom. The van der Waals surface area contributed by atoms with Gasteiger partial charge >= 0.3 is 5.97 Å². The fraction of sp³-hybridized carbons (Fsp3) is 0.211. The summed E-state index contributed by atoms with van der Waals surface area (Å²) in [6.45, 7) is 1.78. The molecule has 0 aromatic heterocycles. The molecular formula is C19H16BrNO6. The number of methoxy groups -OCH3 is 1. The van der Waals surface area contributed by atoms with Gasteiger partial charge in [0.1, 0.15) is 0 Å². The number of esters is 1. The monoisotopic (exact) mass is 433 g/mol. The van der Waals surface area contributed by atoms with Gasteiger partial charge in [-0.05, 0) is 47.1 Å². The summed E-state index contributed by atoms with van der Waals surface area (Å²) in [5.74, 6) is -0.855. The molecule has 7 nitrogen and oxygen atoms in total. The van der Waals surface area contributed by atoms with E-state index in [4.69, 9.17) is 14.2 Å². The van der Waals surface area contributed by atoms with E-state index in [0.717, 1.165) is 4.90 Å². The Hall–Kier alpha value is -2.87. The number of fused-ring (bicyclic) bond motifs is 1. The molecule has 0 atom stereocenters. The Kier molecular flexibility index (Phi) is 5.46. The maximum absolute atomic E-state index is 12.4. The van der Waals surface area contributed by atoms with E-state index in [-0.39, 0.29) is 5.56 Å². The predicted octanol–water partition coefficient (Wildman–Crippen LogP) is 3.27. The van der Waals surface area contributed by atoms with Crippen LogP contribution in [-0.2, 0) is 4.74 Å². The minimum Gasteiger partial charge on any atom is -0.493 e. The third-order valence-electron chi connectivity index (χ3n) is 3.96. The molecule has 0 spiro atoms. The summed E-state index contributed by atoms with van der Waals surface area (Å²) in [5.41, 5.74) is 0.784. The van der Waals surface area contributed by atoms with E-state index >= 15 is 0 Å². The number of rotatable bonds is 6. The van der Waals surface area contributed by atoms with Crippen LogP contribution in [0.25, 0.3) is 0 Å². The SMILES string of the molecule is CCOc1c(Br)cc(C(=O)OCN2C(=O)c3ccccc3C2=O)cc1OC. The van der Waals surface area contributed by atoms with E-state index in [2.05, 4.69) is 15.9 Å². The van der Waals surface area contributed by atoms with Crippen LogP contribution in [0.3, 0.4) is 0 Å². The molecule has 8 heteroatoms. The first-order chi connectivity index (χ1) is 13.0. The van der Waals surface area contributed by atoms with Gasteiger partial charge in [0.05, 0.1) is 34.9 Å². The van der Waals surface area contributed by atoms with Gasteiger partial charge in [0.15, 0.2) is 18.2 Å². The van der Waals surface area contributed by atoms with Crippen molar-refractivity contribution in [3.63, 3.8) is 0 Å². The maximum atomic E-state index is 12.4. The highest BCUT2D eigenvalue weighted by Crippen LogP contribution is 2.37. The van der Waals surface area contributed by atoms with Crippen LogP contribution in [0.15, 0.2) is 40.9 Å². The molecule has 0 unspecified atom stereocenters. The quantitative estimate of drug-likeness (QED) is 0.513. The molecule has 1 aliphatic heterocycles. The van der Waals surface area contributed by atoms with Crippen LogP contribution in [0, 0.1) is 0 Å². The zero-order valence-electron chi connectivity index (χ0n) is 14.7. The Balaban J connectivity index is 1.75. The van der Waals surface area contributed by atoms with Crippen molar-refractivity contribution in [2.75, 3.05) is 20.4 Å². The third kappa shape index (κ3) is 3.52. The summed E-state index contributed by atoms with van der Waals surface area (Å²) in [5, 5.41) is 0. The number of hydrogen-bond donors (Lipinski definition) is 0. The first-order valence-corrected chi connectivity index (χ1v) is 8.89. The van der Waals surface area contributed by atoms with E-state index < -0.39 is 24.5 Å². The minimum atomic E-state index is -0.700. The van der Waals surface area contributed by atoms with Gasteiger partial charge in [-0.1, -0.05) is 12.1 Å². The lowest BCUT2D eigenvalue weighted by Crippen LogP contribution is -2.33. The zero-order chi connectivity index (χ0) is 19.6. The summed E-state index contributed by atoms with van der Waals surface area (Å²) in [7, 11) is 1.46. The van der Waals surface area contributed by atoms with E-state index in [9.17, 15) is 14.4 Å². The lowest BCUT2D eigenvalue weighted by Gasteiger charge is -2.15. The van der Waals surface area contributed by atoms with Crippen molar-refractivity contribution >= 4 is 33.7 Å². The van der Waals surface area contributed by atoms with Gasteiger partial charge in [0.2, 0.25) is 0 Å². The fourth-order valence-electron chi connectivity index (χ4n) is 2.68. The number of hydrogen-bond acceptors (Lipinski definition) is 6. The Morgan fingerprint density at radius 3 is 2.30 bits per heavy atom. The minimum absolute atomic E-state index is 0.193. The molecule has 140 valence electrons. The van der Waals surface area contributed by atoms with Crippen LogP contribution in [0.1, 0.15) is 38.0 Å². The van der Waals surface area contributed by atoms with Crippen LogP contribution in [0.2, 0.25) is 0 Å². The molecule has 1 heterocycles. The smallest absolute Gasteiger partial charge is 0.340 e. The van der Waals surface area contributed by atoms with Gasteiger partial charge in [-0.25, -0.2) is 9.69 Å². The average Bonchev–Trinajstić information content (AvgIpc) is 2.92. The van der Waals surface area contributed by atoms with Crippen molar-refractivity contribution in [1.82, 2.24) is 4.90 Å². The van der Waals surface area contributed by atoms with E-state index in [1.54, 1.807) is 24.3 Å². The predicted molar refractivity (Wildman–Crippen MR) is 99.1 cm³/mol. The number of ether oxygens (including phenoxy) is 3. The van der Waals surface area contributed by atoms with Crippen LogP contribution >= 0.6 is 15.9 Å². The van der Waals surface area contributed by atoms with Crippen LogP contribution in [0.4, 0.5) is 0 Å². The number of imide groups is 1. The molecule has 0 saturated carbocycles. The van der Waals surface area contributed by atoms with Crippen molar-refractivity contribution in [3.8, 4) is 11.5 Å². The van der Waals surface area contributed by atoms with Crippen molar-refractivity contribution in [3.05, 3.63) is 57.6 Å². The Bertz CT molecular complexity index is 891. The van der Waals surface area contributed by atoms with Gasteiger partial charge in [0, 0.05) is 0 Å². The first kappa shape index (κ1) is 18.9. The summed E-state index contributed by atoms with van der Waals surface area (Å²) in [6, 6.07) is 9.46. The molecule has 0 bridgehead atoms. The number of benzene rings is 2. The number of halogens is 1. The fourth-order valence-corrected chi connectivity index (χ4v) is 3.24. The molecule has 27 heavy (non-hydrogen) atoms. The van der Waals surface area contributed by atoms with E-state index in [1.165, 1.54) is 19.2 Å². The van der Waals surface area contributed by atoms with Crippen LogP contribution < -0.4 is 9.47 Å². The zero-order valence-corrected chi connectivity index (χ0v) is 16.2. The normalized spacial score (nSPS) is 12.8. The molecule has 2 amide bonds. The van der Waals surface area contributed by atoms with E-state index in [0.29, 0.717) is 33.7 Å². The summed E-state index contributed by atoms with van der Waals surface area (Å²) < 4.78 is 16.4. The molecule has 0 radical (unpaired) electrons. The summed E-state index contributed by atoms with van der Waals surface area (Å²) in [6.07, 6.45) is 0. The first-order valence-electron chi connectivity index (χ1n) is 8.10. The highest BCUT2D eigenvalue weighted by molar-refractivity contribution is 9.10. The standard InChI is InChI=1S/C19H16BrNO6/c1-3-26-16-14(20)8-11(9-15(16)25-2)19(24)27-10-21-17(22)12-6-4-5-7-13(12)18(21)23/h4-9H,3,10H2,1-2H3. The van der Waals surface area contributed by atoms with Crippen molar-refractivity contribution in [1.29, 1.82) is 0 Å². The largest absolute Gasteiger partial charge is 0.493 e. The lowest BCUT2D eigenvalue weighted by molar-refractivity contribution is 0.0228.